The molecule has 0 aliphatic rings. The third-order valence-electron chi connectivity index (χ3n) is 3.42. The summed E-state index contributed by atoms with van der Waals surface area (Å²) in [5, 5.41) is 14.2. The summed E-state index contributed by atoms with van der Waals surface area (Å²) < 4.78 is 15.7. The lowest BCUT2D eigenvalue weighted by atomic mass is 10.2. The summed E-state index contributed by atoms with van der Waals surface area (Å²) in [5.74, 6) is 0.155. The van der Waals surface area contributed by atoms with Crippen molar-refractivity contribution in [2.45, 2.75) is 6.54 Å². The highest BCUT2D eigenvalue weighted by Gasteiger charge is 2.14. The second-order valence-corrected chi connectivity index (χ2v) is 5.06. The Morgan fingerprint density at radius 3 is 2.27 bits per heavy atom. The van der Waals surface area contributed by atoms with E-state index >= 15 is 0 Å². The summed E-state index contributed by atoms with van der Waals surface area (Å²) in [6.07, 6.45) is 1.37. The van der Waals surface area contributed by atoms with Gasteiger partial charge < -0.3 is 30.0 Å². The predicted octanol–water partition coefficient (Wildman–Crippen LogP) is 2.13. The van der Waals surface area contributed by atoms with Crippen molar-refractivity contribution in [3.8, 4) is 17.2 Å². The first-order valence-electron chi connectivity index (χ1n) is 7.51. The Bertz CT molecular complexity index is 784. The Kier molecular flexibility index (Phi) is 6.20. The normalized spacial score (nSPS) is 9.96. The van der Waals surface area contributed by atoms with Gasteiger partial charge in [0.1, 0.15) is 0 Å². The number of anilines is 1. The number of amides is 2. The molecule has 0 unspecified atom stereocenters. The number of aromatic nitrogens is 1. The first-order valence-corrected chi connectivity index (χ1v) is 7.51. The molecular weight excluding hydrogens is 342 g/mol. The summed E-state index contributed by atoms with van der Waals surface area (Å²) >= 11 is 0. The van der Waals surface area contributed by atoms with Gasteiger partial charge in [0.2, 0.25) is 5.75 Å². The van der Waals surface area contributed by atoms with Gasteiger partial charge in [-0.25, -0.2) is 9.59 Å². The maximum absolute atomic E-state index is 12.1. The van der Waals surface area contributed by atoms with Crippen LogP contribution in [0.1, 0.15) is 16.1 Å². The highest BCUT2D eigenvalue weighted by atomic mass is 16.5. The highest BCUT2D eigenvalue weighted by Crippen LogP contribution is 2.39. The van der Waals surface area contributed by atoms with E-state index in [0.29, 0.717) is 28.6 Å². The SMILES string of the molecule is COc1cc(NC(=O)NCc2cc(C(=O)O)ccn2)cc(OC)c1OC. The number of carboxylic acid groups (broad SMARTS) is 1. The van der Waals surface area contributed by atoms with Crippen molar-refractivity contribution in [2.24, 2.45) is 0 Å². The third kappa shape index (κ3) is 4.53. The van der Waals surface area contributed by atoms with E-state index in [0.717, 1.165) is 0 Å². The van der Waals surface area contributed by atoms with Crippen molar-refractivity contribution in [2.75, 3.05) is 26.6 Å². The zero-order valence-electron chi connectivity index (χ0n) is 14.5. The van der Waals surface area contributed by atoms with E-state index in [9.17, 15) is 9.59 Å². The van der Waals surface area contributed by atoms with E-state index in [4.69, 9.17) is 19.3 Å². The Morgan fingerprint density at radius 1 is 1.08 bits per heavy atom. The maximum Gasteiger partial charge on any atom is 0.335 e. The Labute approximate surface area is 149 Å². The van der Waals surface area contributed by atoms with Crippen molar-refractivity contribution < 1.29 is 28.9 Å². The molecule has 9 heteroatoms. The molecule has 138 valence electrons. The van der Waals surface area contributed by atoms with Crippen molar-refractivity contribution in [3.05, 3.63) is 41.7 Å². The molecule has 2 amide bonds. The molecule has 0 fully saturated rings. The van der Waals surface area contributed by atoms with Gasteiger partial charge in [-0.15, -0.1) is 0 Å². The number of ether oxygens (including phenoxy) is 3. The molecule has 0 bridgehead atoms. The predicted molar refractivity (Wildman–Crippen MR) is 93.2 cm³/mol. The molecule has 1 aromatic heterocycles. The van der Waals surface area contributed by atoms with Crippen LogP contribution in [-0.2, 0) is 6.54 Å². The Balaban J connectivity index is 2.06. The summed E-state index contributed by atoms with van der Waals surface area (Å²) in [7, 11) is 4.43. The number of hydrogen-bond acceptors (Lipinski definition) is 6. The molecule has 26 heavy (non-hydrogen) atoms. The van der Waals surface area contributed by atoms with Crippen molar-refractivity contribution in [3.63, 3.8) is 0 Å². The number of carbonyl (C=O) groups excluding carboxylic acids is 1. The largest absolute Gasteiger partial charge is 0.493 e. The number of nitrogens with one attached hydrogen (secondary N) is 2. The van der Waals surface area contributed by atoms with Gasteiger partial charge in [-0.2, -0.15) is 0 Å². The standard InChI is InChI=1S/C17H19N3O6/c1-24-13-7-11(8-14(25-2)15(13)26-3)20-17(23)19-9-12-6-10(16(21)22)4-5-18-12/h4-8H,9H2,1-3H3,(H,21,22)(H2,19,20,23). The molecule has 0 aliphatic carbocycles. The zero-order chi connectivity index (χ0) is 19.1. The number of pyridine rings is 1. The van der Waals surface area contributed by atoms with Gasteiger partial charge in [0.15, 0.2) is 11.5 Å². The van der Waals surface area contributed by atoms with Crippen LogP contribution in [0.3, 0.4) is 0 Å². The first-order chi connectivity index (χ1) is 12.5. The maximum atomic E-state index is 12.1. The van der Waals surface area contributed by atoms with Gasteiger partial charge in [0.05, 0.1) is 44.8 Å². The van der Waals surface area contributed by atoms with Gasteiger partial charge in [-0.05, 0) is 12.1 Å². The summed E-state index contributed by atoms with van der Waals surface area (Å²) in [6, 6.07) is 5.44. The fourth-order valence-electron chi connectivity index (χ4n) is 2.21. The fraction of sp³-hybridized carbons (Fsp3) is 0.235. The van der Waals surface area contributed by atoms with E-state index in [2.05, 4.69) is 15.6 Å². The molecule has 2 aromatic rings. The lowest BCUT2D eigenvalue weighted by molar-refractivity contribution is 0.0696. The molecule has 0 radical (unpaired) electrons. The second kappa shape index (κ2) is 8.56. The molecule has 0 spiro atoms. The number of nitrogens with zero attached hydrogens (tertiary/aromatic N) is 1. The lowest BCUT2D eigenvalue weighted by Gasteiger charge is -2.15. The van der Waals surface area contributed by atoms with Crippen LogP contribution >= 0.6 is 0 Å². The molecule has 0 aliphatic heterocycles. The van der Waals surface area contributed by atoms with Crippen molar-refractivity contribution in [1.29, 1.82) is 0 Å². The highest BCUT2D eigenvalue weighted by molar-refractivity contribution is 5.90. The van der Waals surface area contributed by atoms with Gasteiger partial charge in [-0.1, -0.05) is 0 Å². The van der Waals surface area contributed by atoms with Crippen LogP contribution in [0, 0.1) is 0 Å². The number of hydrogen-bond donors (Lipinski definition) is 3. The minimum Gasteiger partial charge on any atom is -0.493 e. The number of carboxylic acids is 1. The molecule has 0 saturated carbocycles. The Morgan fingerprint density at radius 2 is 1.73 bits per heavy atom. The topological polar surface area (TPSA) is 119 Å². The van der Waals surface area contributed by atoms with Crippen LogP contribution < -0.4 is 24.8 Å². The van der Waals surface area contributed by atoms with E-state index in [1.807, 2.05) is 0 Å². The van der Waals surface area contributed by atoms with E-state index < -0.39 is 12.0 Å². The van der Waals surface area contributed by atoms with E-state index in [1.54, 1.807) is 12.1 Å². The monoisotopic (exact) mass is 361 g/mol. The molecule has 0 saturated heterocycles. The van der Waals surface area contributed by atoms with E-state index in [1.165, 1.54) is 39.7 Å². The van der Waals surface area contributed by atoms with Crippen LogP contribution in [0.5, 0.6) is 17.2 Å². The lowest BCUT2D eigenvalue weighted by Crippen LogP contribution is -2.28. The number of urea groups is 1. The molecule has 3 N–H and O–H groups in total. The smallest absolute Gasteiger partial charge is 0.335 e. The number of carbonyl (C=O) groups is 2. The minimum absolute atomic E-state index is 0.0668. The average molecular weight is 361 g/mol. The van der Waals surface area contributed by atoms with Crippen molar-refractivity contribution in [1.82, 2.24) is 10.3 Å². The van der Waals surface area contributed by atoms with Crippen LogP contribution in [0.15, 0.2) is 30.5 Å². The van der Waals surface area contributed by atoms with Crippen LogP contribution in [0.4, 0.5) is 10.5 Å². The molecular formula is C17H19N3O6. The second-order valence-electron chi connectivity index (χ2n) is 5.06. The Hall–Kier alpha value is -3.49. The summed E-state index contributed by atoms with van der Waals surface area (Å²) in [6.45, 7) is 0.0668. The molecule has 1 aromatic carbocycles. The average Bonchev–Trinajstić information content (AvgIpc) is 2.65. The van der Waals surface area contributed by atoms with Crippen LogP contribution in [0.25, 0.3) is 0 Å². The van der Waals surface area contributed by atoms with Gasteiger partial charge >= 0.3 is 12.0 Å². The number of rotatable bonds is 7. The molecule has 1 heterocycles. The van der Waals surface area contributed by atoms with Crippen LogP contribution in [-0.4, -0.2) is 43.4 Å². The zero-order valence-corrected chi connectivity index (χ0v) is 14.5. The van der Waals surface area contributed by atoms with Gasteiger partial charge in [0, 0.05) is 18.3 Å². The van der Waals surface area contributed by atoms with Gasteiger partial charge in [-0.3, -0.25) is 4.98 Å². The third-order valence-corrected chi connectivity index (χ3v) is 3.42. The van der Waals surface area contributed by atoms with Gasteiger partial charge in [0.25, 0.3) is 0 Å². The minimum atomic E-state index is -1.06. The van der Waals surface area contributed by atoms with Crippen molar-refractivity contribution >= 4 is 17.7 Å². The molecule has 0 atom stereocenters. The molecule has 9 nitrogen and oxygen atoms in total. The molecule has 2 rings (SSSR count). The van der Waals surface area contributed by atoms with E-state index in [-0.39, 0.29) is 12.1 Å². The quantitative estimate of drug-likeness (QED) is 0.691. The number of aromatic carboxylic acids is 1. The summed E-state index contributed by atoms with van der Waals surface area (Å²) in [5.41, 5.74) is 0.955. The fourth-order valence-corrected chi connectivity index (χ4v) is 2.21. The number of benzene rings is 1. The van der Waals surface area contributed by atoms with Crippen LogP contribution in [0.2, 0.25) is 0 Å². The first kappa shape index (κ1) is 18.8. The number of methoxy groups -OCH3 is 3. The summed E-state index contributed by atoms with van der Waals surface area (Å²) in [4.78, 5) is 27.0.